The monoisotopic (exact) mass is 402 g/mol. The molecule has 0 aromatic heterocycles. The fraction of sp³-hybridized carbons (Fsp3) is 0.333. The molecule has 1 aliphatic heterocycles. The highest BCUT2D eigenvalue weighted by molar-refractivity contribution is 6.11. The molecule has 3 N–H and O–H groups in total. The molecule has 7 nitrogen and oxygen atoms in total. The zero-order valence-corrected chi connectivity index (χ0v) is 16.0. The molecule has 0 saturated carbocycles. The number of rotatable bonds is 8. The summed E-state index contributed by atoms with van der Waals surface area (Å²) in [6, 6.07) is 8.85. The van der Waals surface area contributed by atoms with Gasteiger partial charge in [0.1, 0.15) is 17.9 Å². The first-order chi connectivity index (χ1) is 14.0. The largest absolute Gasteiger partial charge is 0.494 e. The number of amides is 1. The molecule has 2 aromatic rings. The molecule has 154 valence electrons. The summed E-state index contributed by atoms with van der Waals surface area (Å²) in [5.41, 5.74) is 0.327. The summed E-state index contributed by atoms with van der Waals surface area (Å²) in [5, 5.41) is 15.1. The average molecular weight is 402 g/mol. The number of ketones is 1. The van der Waals surface area contributed by atoms with Crippen molar-refractivity contribution in [1.82, 2.24) is 10.6 Å². The summed E-state index contributed by atoms with van der Waals surface area (Å²) in [7, 11) is 1.30. The Labute approximate surface area is 167 Å². The van der Waals surface area contributed by atoms with Gasteiger partial charge in [0, 0.05) is 23.7 Å². The van der Waals surface area contributed by atoms with Crippen molar-refractivity contribution < 1.29 is 28.6 Å². The van der Waals surface area contributed by atoms with Crippen molar-refractivity contribution in [3.63, 3.8) is 0 Å². The molecule has 0 bridgehead atoms. The third-order valence-corrected chi connectivity index (χ3v) is 4.67. The lowest BCUT2D eigenvalue weighted by atomic mass is 10.00. The van der Waals surface area contributed by atoms with E-state index >= 15 is 0 Å². The van der Waals surface area contributed by atoms with Crippen LogP contribution in [-0.4, -0.2) is 56.3 Å². The topological polar surface area (TPSA) is 96.9 Å². The minimum Gasteiger partial charge on any atom is -0.494 e. The van der Waals surface area contributed by atoms with Crippen LogP contribution < -0.4 is 20.1 Å². The van der Waals surface area contributed by atoms with Gasteiger partial charge in [0.25, 0.3) is 5.91 Å². The predicted octanol–water partition coefficient (Wildman–Crippen LogP) is 1.53. The molecule has 0 unspecified atom stereocenters. The number of carbonyl (C=O) groups excluding carboxylic acids is 2. The maximum absolute atomic E-state index is 14.8. The Morgan fingerprint density at radius 1 is 1.17 bits per heavy atom. The number of nitrogens with one attached hydrogen (secondary N) is 2. The maximum Gasteiger partial charge on any atom is 0.251 e. The standard InChI is InChI=1S/C21H23FN2O5/c1-28-17-7-6-16(29-11-10-25)18(19(17)22)20(26)13-2-4-14(5-3-13)21(27)24-15-8-9-23-12-15/h2-7,15,23,25H,8-12H2,1H3,(H,24,27)/t15-/m0/s1. The fourth-order valence-electron chi connectivity index (χ4n) is 3.15. The van der Waals surface area contributed by atoms with Gasteiger partial charge in [0.2, 0.25) is 0 Å². The van der Waals surface area contributed by atoms with E-state index in [0.29, 0.717) is 5.56 Å². The van der Waals surface area contributed by atoms with Crippen LogP contribution in [0.2, 0.25) is 0 Å². The van der Waals surface area contributed by atoms with Crippen molar-refractivity contribution in [2.75, 3.05) is 33.4 Å². The third-order valence-electron chi connectivity index (χ3n) is 4.67. The molecular formula is C21H23FN2O5. The second-order valence-corrected chi connectivity index (χ2v) is 6.60. The van der Waals surface area contributed by atoms with Crippen molar-refractivity contribution >= 4 is 11.7 Å². The van der Waals surface area contributed by atoms with Crippen molar-refractivity contribution in [2.45, 2.75) is 12.5 Å². The number of aliphatic hydroxyl groups excluding tert-OH is 1. The van der Waals surface area contributed by atoms with E-state index in [1.807, 2.05) is 0 Å². The quantitative estimate of drug-likeness (QED) is 0.580. The van der Waals surface area contributed by atoms with E-state index in [2.05, 4.69) is 10.6 Å². The molecular weight excluding hydrogens is 379 g/mol. The maximum atomic E-state index is 14.8. The molecule has 0 radical (unpaired) electrons. The SMILES string of the molecule is COc1ccc(OCCO)c(C(=O)c2ccc(C(=O)N[C@H]3CCNC3)cc2)c1F. The van der Waals surface area contributed by atoms with Gasteiger partial charge in [-0.05, 0) is 37.2 Å². The minimum atomic E-state index is -0.844. The second kappa shape index (κ2) is 9.49. The first-order valence-corrected chi connectivity index (χ1v) is 9.31. The molecule has 1 fully saturated rings. The first-order valence-electron chi connectivity index (χ1n) is 9.31. The normalized spacial score (nSPS) is 15.8. The molecule has 29 heavy (non-hydrogen) atoms. The van der Waals surface area contributed by atoms with Crippen LogP contribution in [0.5, 0.6) is 11.5 Å². The first kappa shape index (κ1) is 20.8. The van der Waals surface area contributed by atoms with Crippen LogP contribution in [-0.2, 0) is 0 Å². The average Bonchev–Trinajstić information content (AvgIpc) is 3.25. The number of aliphatic hydroxyl groups is 1. The van der Waals surface area contributed by atoms with Crippen molar-refractivity contribution in [1.29, 1.82) is 0 Å². The fourth-order valence-corrected chi connectivity index (χ4v) is 3.15. The van der Waals surface area contributed by atoms with Gasteiger partial charge in [0.05, 0.1) is 13.7 Å². The highest BCUT2D eigenvalue weighted by Crippen LogP contribution is 2.31. The van der Waals surface area contributed by atoms with Gasteiger partial charge in [-0.15, -0.1) is 0 Å². The molecule has 2 aromatic carbocycles. The van der Waals surface area contributed by atoms with Crippen LogP contribution in [0.1, 0.15) is 32.7 Å². The zero-order chi connectivity index (χ0) is 20.8. The lowest BCUT2D eigenvalue weighted by Crippen LogP contribution is -2.36. The van der Waals surface area contributed by atoms with Gasteiger partial charge >= 0.3 is 0 Å². The van der Waals surface area contributed by atoms with E-state index in [-0.39, 0.29) is 47.8 Å². The molecule has 3 rings (SSSR count). The van der Waals surface area contributed by atoms with E-state index in [9.17, 15) is 14.0 Å². The molecule has 0 spiro atoms. The van der Waals surface area contributed by atoms with E-state index in [4.69, 9.17) is 14.6 Å². The summed E-state index contributed by atoms with van der Waals surface area (Å²) in [6.07, 6.45) is 0.869. The Morgan fingerprint density at radius 2 is 1.86 bits per heavy atom. The lowest BCUT2D eigenvalue weighted by Gasteiger charge is -2.14. The van der Waals surface area contributed by atoms with Gasteiger partial charge in [-0.25, -0.2) is 4.39 Å². The minimum absolute atomic E-state index is 0.0119. The van der Waals surface area contributed by atoms with E-state index in [1.165, 1.54) is 43.5 Å². The van der Waals surface area contributed by atoms with Gasteiger partial charge in [-0.2, -0.15) is 0 Å². The van der Waals surface area contributed by atoms with Crippen LogP contribution in [0.3, 0.4) is 0 Å². The predicted molar refractivity (Wildman–Crippen MR) is 104 cm³/mol. The summed E-state index contributed by atoms with van der Waals surface area (Å²) < 4.78 is 25.0. The summed E-state index contributed by atoms with van der Waals surface area (Å²) in [6.45, 7) is 1.24. The Morgan fingerprint density at radius 3 is 2.48 bits per heavy atom. The lowest BCUT2D eigenvalue weighted by molar-refractivity contribution is 0.0938. The Kier molecular flexibility index (Phi) is 6.79. The number of carbonyl (C=O) groups is 2. The number of halogens is 1. The number of hydrogen-bond acceptors (Lipinski definition) is 6. The van der Waals surface area contributed by atoms with Crippen molar-refractivity contribution in [3.8, 4) is 11.5 Å². The second-order valence-electron chi connectivity index (χ2n) is 6.60. The van der Waals surface area contributed by atoms with Crippen molar-refractivity contribution in [2.24, 2.45) is 0 Å². The number of methoxy groups -OCH3 is 1. The van der Waals surface area contributed by atoms with Crippen LogP contribution in [0.25, 0.3) is 0 Å². The van der Waals surface area contributed by atoms with Crippen molar-refractivity contribution in [3.05, 3.63) is 58.9 Å². The summed E-state index contributed by atoms with van der Waals surface area (Å²) in [5.74, 6) is -1.76. The summed E-state index contributed by atoms with van der Waals surface area (Å²) >= 11 is 0. The zero-order valence-electron chi connectivity index (χ0n) is 16.0. The molecule has 0 aliphatic carbocycles. The Hall–Kier alpha value is -2.97. The summed E-state index contributed by atoms with van der Waals surface area (Å²) in [4.78, 5) is 25.2. The van der Waals surface area contributed by atoms with Gasteiger partial charge < -0.3 is 25.2 Å². The van der Waals surface area contributed by atoms with Crippen LogP contribution in [0, 0.1) is 5.82 Å². The number of hydrogen-bond donors (Lipinski definition) is 3. The number of ether oxygens (including phenoxy) is 2. The molecule has 1 aliphatic rings. The molecule has 1 amide bonds. The smallest absolute Gasteiger partial charge is 0.251 e. The van der Waals surface area contributed by atoms with E-state index in [1.54, 1.807) is 0 Å². The Balaban J connectivity index is 1.83. The van der Waals surface area contributed by atoms with Gasteiger partial charge in [-0.3, -0.25) is 9.59 Å². The van der Waals surface area contributed by atoms with E-state index < -0.39 is 11.6 Å². The van der Waals surface area contributed by atoms with Crippen LogP contribution >= 0.6 is 0 Å². The molecule has 8 heteroatoms. The Bertz CT molecular complexity index is 879. The third kappa shape index (κ3) is 4.72. The van der Waals surface area contributed by atoms with Crippen LogP contribution in [0.15, 0.2) is 36.4 Å². The van der Waals surface area contributed by atoms with E-state index in [0.717, 1.165) is 19.5 Å². The highest BCUT2D eigenvalue weighted by atomic mass is 19.1. The van der Waals surface area contributed by atoms with Gasteiger partial charge in [-0.1, -0.05) is 12.1 Å². The van der Waals surface area contributed by atoms with Crippen LogP contribution in [0.4, 0.5) is 4.39 Å². The number of benzene rings is 2. The van der Waals surface area contributed by atoms with Gasteiger partial charge in [0.15, 0.2) is 17.3 Å². The molecule has 1 atom stereocenters. The molecule has 1 saturated heterocycles. The molecule has 1 heterocycles. The highest BCUT2D eigenvalue weighted by Gasteiger charge is 2.24.